The van der Waals surface area contributed by atoms with Crippen molar-refractivity contribution in [1.82, 2.24) is 5.32 Å². The molecular formula is C30H35N3O2. The molecule has 3 aromatic rings. The van der Waals surface area contributed by atoms with Gasteiger partial charge in [-0.2, -0.15) is 0 Å². The van der Waals surface area contributed by atoms with Crippen molar-refractivity contribution < 1.29 is 9.59 Å². The highest BCUT2D eigenvalue weighted by Gasteiger charge is 2.27. The van der Waals surface area contributed by atoms with Gasteiger partial charge in [0, 0.05) is 18.5 Å². The SMILES string of the molecule is CC(=O)Nc1cccc(-c2cccc(C(Cc3ccccc3)NC(=O)C3CCC(CN)CC3)c2)c1. The summed E-state index contributed by atoms with van der Waals surface area (Å²) in [5, 5.41) is 6.22. The number of hydrogen-bond acceptors (Lipinski definition) is 3. The van der Waals surface area contributed by atoms with Crippen LogP contribution in [-0.4, -0.2) is 18.4 Å². The van der Waals surface area contributed by atoms with Crippen LogP contribution in [0.1, 0.15) is 49.8 Å². The van der Waals surface area contributed by atoms with Crippen LogP contribution in [0.25, 0.3) is 11.1 Å². The molecule has 4 rings (SSSR count). The van der Waals surface area contributed by atoms with Crippen LogP contribution in [0.2, 0.25) is 0 Å². The molecule has 1 unspecified atom stereocenters. The number of anilines is 1. The lowest BCUT2D eigenvalue weighted by Gasteiger charge is -2.29. The largest absolute Gasteiger partial charge is 0.349 e. The molecule has 0 bridgehead atoms. The van der Waals surface area contributed by atoms with E-state index in [1.807, 2.05) is 48.5 Å². The maximum atomic E-state index is 13.3. The van der Waals surface area contributed by atoms with Crippen LogP contribution in [0.4, 0.5) is 5.69 Å². The minimum Gasteiger partial charge on any atom is -0.349 e. The smallest absolute Gasteiger partial charge is 0.223 e. The summed E-state index contributed by atoms with van der Waals surface area (Å²) in [4.78, 5) is 24.8. The van der Waals surface area contributed by atoms with Gasteiger partial charge in [-0.25, -0.2) is 0 Å². The van der Waals surface area contributed by atoms with Gasteiger partial charge in [0.05, 0.1) is 6.04 Å². The minimum absolute atomic E-state index is 0.0496. The van der Waals surface area contributed by atoms with Crippen molar-refractivity contribution in [1.29, 1.82) is 0 Å². The fraction of sp³-hybridized carbons (Fsp3) is 0.333. The van der Waals surface area contributed by atoms with Crippen molar-refractivity contribution in [3.05, 3.63) is 90.0 Å². The number of amides is 2. The van der Waals surface area contributed by atoms with Gasteiger partial charge in [0.15, 0.2) is 0 Å². The molecule has 182 valence electrons. The summed E-state index contributed by atoms with van der Waals surface area (Å²) in [5.41, 5.74) is 10.9. The zero-order valence-electron chi connectivity index (χ0n) is 20.4. The Hall–Kier alpha value is -3.44. The van der Waals surface area contributed by atoms with E-state index in [0.717, 1.165) is 54.5 Å². The van der Waals surface area contributed by atoms with Gasteiger partial charge in [-0.15, -0.1) is 0 Å². The molecule has 0 spiro atoms. The van der Waals surface area contributed by atoms with Crippen molar-refractivity contribution in [3.63, 3.8) is 0 Å². The highest BCUT2D eigenvalue weighted by molar-refractivity contribution is 5.89. The summed E-state index contributed by atoms with van der Waals surface area (Å²) in [5.74, 6) is 0.638. The molecule has 0 saturated heterocycles. The Morgan fingerprint density at radius 1 is 0.886 bits per heavy atom. The van der Waals surface area contributed by atoms with Gasteiger partial charge >= 0.3 is 0 Å². The first kappa shape index (κ1) is 24.7. The van der Waals surface area contributed by atoms with Gasteiger partial charge in [0.2, 0.25) is 11.8 Å². The first-order valence-corrected chi connectivity index (χ1v) is 12.5. The van der Waals surface area contributed by atoms with Crippen LogP contribution in [0, 0.1) is 11.8 Å². The molecule has 0 radical (unpaired) electrons. The highest BCUT2D eigenvalue weighted by Crippen LogP contribution is 2.31. The molecule has 1 fully saturated rings. The van der Waals surface area contributed by atoms with E-state index < -0.39 is 0 Å². The fourth-order valence-corrected chi connectivity index (χ4v) is 4.97. The van der Waals surface area contributed by atoms with Gasteiger partial charge in [-0.3, -0.25) is 9.59 Å². The lowest BCUT2D eigenvalue weighted by molar-refractivity contribution is -0.127. The van der Waals surface area contributed by atoms with E-state index in [0.29, 0.717) is 12.5 Å². The Bertz CT molecular complexity index is 1140. The topological polar surface area (TPSA) is 84.2 Å². The fourth-order valence-electron chi connectivity index (χ4n) is 4.97. The Kier molecular flexibility index (Phi) is 8.32. The quantitative estimate of drug-likeness (QED) is 0.409. The maximum absolute atomic E-state index is 13.3. The Balaban J connectivity index is 1.57. The van der Waals surface area contributed by atoms with Gasteiger partial charge in [0.25, 0.3) is 0 Å². The Labute approximate surface area is 208 Å². The zero-order chi connectivity index (χ0) is 24.6. The van der Waals surface area contributed by atoms with E-state index in [9.17, 15) is 9.59 Å². The molecule has 4 N–H and O–H groups in total. The summed E-state index contributed by atoms with van der Waals surface area (Å²) < 4.78 is 0. The second kappa shape index (κ2) is 11.8. The van der Waals surface area contributed by atoms with Gasteiger partial charge < -0.3 is 16.4 Å². The number of carbonyl (C=O) groups excluding carboxylic acids is 2. The van der Waals surface area contributed by atoms with E-state index in [4.69, 9.17) is 5.73 Å². The molecular weight excluding hydrogens is 434 g/mol. The van der Waals surface area contributed by atoms with E-state index in [1.54, 1.807) is 0 Å². The molecule has 1 atom stereocenters. The van der Waals surface area contributed by atoms with Crippen molar-refractivity contribution in [2.24, 2.45) is 17.6 Å². The number of rotatable bonds is 8. The normalized spacial score (nSPS) is 18.5. The second-order valence-corrected chi connectivity index (χ2v) is 9.59. The number of carbonyl (C=O) groups is 2. The standard InChI is InChI=1S/C30H35N3O2/c1-21(34)32-28-12-6-10-26(19-28)25-9-5-11-27(18-25)29(17-22-7-3-2-4-8-22)33-30(35)24-15-13-23(20-31)14-16-24/h2-12,18-19,23-24,29H,13-17,20,31H2,1H3,(H,32,34)(H,33,35). The molecule has 0 heterocycles. The van der Waals surface area contributed by atoms with Gasteiger partial charge in [-0.1, -0.05) is 60.7 Å². The van der Waals surface area contributed by atoms with Crippen molar-refractivity contribution in [2.75, 3.05) is 11.9 Å². The minimum atomic E-state index is -0.129. The number of nitrogens with one attached hydrogen (secondary N) is 2. The summed E-state index contributed by atoms with van der Waals surface area (Å²) >= 11 is 0. The Morgan fingerprint density at radius 2 is 1.57 bits per heavy atom. The summed E-state index contributed by atoms with van der Waals surface area (Å²) in [6, 6.07) is 26.3. The average Bonchev–Trinajstić information content (AvgIpc) is 2.89. The van der Waals surface area contributed by atoms with Crippen LogP contribution < -0.4 is 16.4 Å². The van der Waals surface area contributed by atoms with E-state index in [1.165, 1.54) is 12.5 Å². The third-order valence-corrected chi connectivity index (χ3v) is 6.96. The van der Waals surface area contributed by atoms with Gasteiger partial charge in [-0.05, 0) is 85.0 Å². The molecule has 35 heavy (non-hydrogen) atoms. The first-order valence-electron chi connectivity index (χ1n) is 12.5. The van der Waals surface area contributed by atoms with E-state index >= 15 is 0 Å². The van der Waals surface area contributed by atoms with Crippen LogP contribution in [0.15, 0.2) is 78.9 Å². The third-order valence-electron chi connectivity index (χ3n) is 6.96. The van der Waals surface area contributed by atoms with Crippen molar-refractivity contribution in [2.45, 2.75) is 45.1 Å². The summed E-state index contributed by atoms with van der Waals surface area (Å²) in [7, 11) is 0. The molecule has 5 heteroatoms. The predicted molar refractivity (Wildman–Crippen MR) is 142 cm³/mol. The van der Waals surface area contributed by atoms with Crippen molar-refractivity contribution >= 4 is 17.5 Å². The summed E-state index contributed by atoms with van der Waals surface area (Å²) in [6.07, 6.45) is 4.58. The lowest BCUT2D eigenvalue weighted by atomic mass is 9.81. The van der Waals surface area contributed by atoms with Crippen LogP contribution in [-0.2, 0) is 16.0 Å². The predicted octanol–water partition coefficient (Wildman–Crippen LogP) is 5.48. The van der Waals surface area contributed by atoms with E-state index in [-0.39, 0.29) is 23.8 Å². The van der Waals surface area contributed by atoms with Gasteiger partial charge in [0.1, 0.15) is 0 Å². The molecule has 3 aromatic carbocycles. The Morgan fingerprint density at radius 3 is 2.26 bits per heavy atom. The number of benzene rings is 3. The molecule has 1 aliphatic rings. The van der Waals surface area contributed by atoms with Crippen LogP contribution in [0.5, 0.6) is 0 Å². The highest BCUT2D eigenvalue weighted by atomic mass is 16.2. The molecule has 5 nitrogen and oxygen atoms in total. The second-order valence-electron chi connectivity index (χ2n) is 9.59. The first-order chi connectivity index (χ1) is 17.0. The summed E-state index contributed by atoms with van der Waals surface area (Å²) in [6.45, 7) is 2.22. The maximum Gasteiger partial charge on any atom is 0.223 e. The zero-order valence-corrected chi connectivity index (χ0v) is 20.4. The molecule has 1 saturated carbocycles. The molecule has 1 aliphatic carbocycles. The third kappa shape index (κ3) is 6.80. The molecule has 0 aliphatic heterocycles. The van der Waals surface area contributed by atoms with Crippen molar-refractivity contribution in [3.8, 4) is 11.1 Å². The number of nitrogens with two attached hydrogens (primary N) is 1. The monoisotopic (exact) mass is 469 g/mol. The van der Waals surface area contributed by atoms with Crippen LogP contribution >= 0.6 is 0 Å². The molecule has 2 amide bonds. The lowest BCUT2D eigenvalue weighted by Crippen LogP contribution is -2.37. The molecule has 0 aromatic heterocycles. The van der Waals surface area contributed by atoms with E-state index in [2.05, 4.69) is 41.0 Å². The number of hydrogen-bond donors (Lipinski definition) is 3. The van der Waals surface area contributed by atoms with Crippen LogP contribution in [0.3, 0.4) is 0 Å². The average molecular weight is 470 g/mol.